The van der Waals surface area contributed by atoms with E-state index in [2.05, 4.69) is 36.7 Å². The van der Waals surface area contributed by atoms with Gasteiger partial charge in [0, 0.05) is 10.5 Å². The van der Waals surface area contributed by atoms with Gasteiger partial charge >= 0.3 is 0 Å². The first-order valence-electron chi connectivity index (χ1n) is 7.30. The number of nitro benzene ring substituents is 1. The molecule has 0 bridgehead atoms. The number of anilines is 1. The monoisotopic (exact) mass is 435 g/mol. The first-order chi connectivity index (χ1) is 12.4. The molecule has 0 atom stereocenters. The molecule has 1 heterocycles. The molecule has 0 aliphatic heterocycles. The number of fused-ring (bicyclic) bond motifs is 1. The van der Waals surface area contributed by atoms with Crippen LogP contribution in [-0.2, 0) is 0 Å². The molecular weight excluding hydrogens is 426 g/mol. The lowest BCUT2D eigenvalue weighted by atomic mass is 10.1. The number of carbonyl (C=O) groups excluding carboxylic acids is 1. The number of aryl methyl sites for hydroxylation is 1. The van der Waals surface area contributed by atoms with Gasteiger partial charge in [-0.2, -0.15) is 0 Å². The van der Waals surface area contributed by atoms with E-state index < -0.39 is 10.8 Å². The molecule has 8 nitrogen and oxygen atoms in total. The van der Waals surface area contributed by atoms with E-state index >= 15 is 0 Å². The maximum Gasteiger partial charge on any atom is 0.283 e. The molecule has 132 valence electrons. The van der Waals surface area contributed by atoms with Crippen LogP contribution < -0.4 is 10.9 Å². The van der Waals surface area contributed by atoms with Gasteiger partial charge in [-0.1, -0.05) is 33.6 Å². The van der Waals surface area contributed by atoms with Gasteiger partial charge in [0.15, 0.2) is 5.82 Å². The Kier molecular flexibility index (Phi) is 5.01. The molecule has 0 radical (unpaired) electrons. The number of nitrogens with zero attached hydrogens (tertiary/aromatic N) is 3. The highest BCUT2D eigenvalue weighted by molar-refractivity contribution is 9.10. The third-order valence-corrected chi connectivity index (χ3v) is 4.32. The molecular formula is C16H11BrClN5O3. The third-order valence-electron chi connectivity index (χ3n) is 3.51. The normalized spacial score (nSPS) is 10.6. The maximum absolute atomic E-state index is 12.4. The van der Waals surface area contributed by atoms with Crippen molar-refractivity contribution < 1.29 is 9.72 Å². The third kappa shape index (κ3) is 3.58. The predicted molar refractivity (Wildman–Crippen MR) is 101 cm³/mol. The summed E-state index contributed by atoms with van der Waals surface area (Å²) in [6.07, 6.45) is 0. The Balaban J connectivity index is 1.87. The largest absolute Gasteiger partial charge is 0.283 e. The van der Waals surface area contributed by atoms with Gasteiger partial charge in [-0.25, -0.2) is 9.97 Å². The topological polar surface area (TPSA) is 110 Å². The Morgan fingerprint density at radius 2 is 2.00 bits per heavy atom. The van der Waals surface area contributed by atoms with Crippen molar-refractivity contribution in [2.24, 2.45) is 0 Å². The molecule has 0 aliphatic rings. The number of nitrogens with one attached hydrogen (secondary N) is 2. The minimum absolute atomic E-state index is 0.0235. The van der Waals surface area contributed by atoms with Crippen molar-refractivity contribution in [3.63, 3.8) is 0 Å². The van der Waals surface area contributed by atoms with Crippen molar-refractivity contribution in [1.29, 1.82) is 0 Å². The van der Waals surface area contributed by atoms with Crippen LogP contribution in [0.3, 0.4) is 0 Å². The molecule has 3 rings (SSSR count). The number of hydrazine groups is 1. The molecule has 1 amide bonds. The molecule has 0 fully saturated rings. The highest BCUT2D eigenvalue weighted by Gasteiger charge is 2.23. The average Bonchev–Trinajstić information content (AvgIpc) is 2.59. The van der Waals surface area contributed by atoms with Crippen LogP contribution >= 0.6 is 27.5 Å². The van der Waals surface area contributed by atoms with Gasteiger partial charge < -0.3 is 0 Å². The van der Waals surface area contributed by atoms with Crippen molar-refractivity contribution in [2.45, 2.75) is 6.92 Å². The number of hydrogen-bond donors (Lipinski definition) is 2. The zero-order valence-electron chi connectivity index (χ0n) is 13.3. The predicted octanol–water partition coefficient (Wildman–Crippen LogP) is 4.02. The van der Waals surface area contributed by atoms with Crippen molar-refractivity contribution in [2.75, 3.05) is 5.43 Å². The summed E-state index contributed by atoms with van der Waals surface area (Å²) >= 11 is 9.32. The summed E-state index contributed by atoms with van der Waals surface area (Å²) in [5.41, 5.74) is 6.26. The minimum atomic E-state index is -0.751. The van der Waals surface area contributed by atoms with Crippen molar-refractivity contribution in [1.82, 2.24) is 15.4 Å². The lowest BCUT2D eigenvalue weighted by molar-refractivity contribution is -0.385. The fraction of sp³-hybridized carbons (Fsp3) is 0.0625. The number of aromatic nitrogens is 2. The molecule has 10 heteroatoms. The lowest BCUT2D eigenvalue weighted by Gasteiger charge is -2.11. The zero-order valence-corrected chi connectivity index (χ0v) is 15.6. The van der Waals surface area contributed by atoms with Gasteiger partial charge in [-0.15, -0.1) is 0 Å². The molecule has 3 aromatic rings. The van der Waals surface area contributed by atoms with Gasteiger partial charge in [0.1, 0.15) is 5.56 Å². The van der Waals surface area contributed by atoms with Crippen LogP contribution in [0.4, 0.5) is 11.5 Å². The summed E-state index contributed by atoms with van der Waals surface area (Å²) in [5, 5.41) is 11.1. The Labute approximate surface area is 160 Å². The first-order valence-corrected chi connectivity index (χ1v) is 8.47. The Morgan fingerprint density at radius 3 is 2.73 bits per heavy atom. The highest BCUT2D eigenvalue weighted by Crippen LogP contribution is 2.26. The summed E-state index contributed by atoms with van der Waals surface area (Å²) in [5.74, 6) is -0.428. The number of halogens is 2. The van der Waals surface area contributed by atoms with Crippen LogP contribution in [0, 0.1) is 17.0 Å². The second-order valence-corrected chi connectivity index (χ2v) is 6.58. The molecule has 0 unspecified atom stereocenters. The molecule has 0 saturated carbocycles. The maximum atomic E-state index is 12.4. The van der Waals surface area contributed by atoms with E-state index in [0.717, 1.165) is 4.47 Å². The number of amides is 1. The van der Waals surface area contributed by atoms with E-state index in [1.807, 2.05) is 12.1 Å². The van der Waals surface area contributed by atoms with E-state index in [1.54, 1.807) is 13.0 Å². The van der Waals surface area contributed by atoms with E-state index in [4.69, 9.17) is 11.6 Å². The van der Waals surface area contributed by atoms with Crippen LogP contribution in [0.2, 0.25) is 5.02 Å². The summed E-state index contributed by atoms with van der Waals surface area (Å²) in [7, 11) is 0. The summed E-state index contributed by atoms with van der Waals surface area (Å²) < 4.78 is 0.874. The molecule has 0 spiro atoms. The van der Waals surface area contributed by atoms with E-state index in [-0.39, 0.29) is 16.3 Å². The second kappa shape index (κ2) is 7.22. The summed E-state index contributed by atoms with van der Waals surface area (Å²) in [4.78, 5) is 31.6. The van der Waals surface area contributed by atoms with Crippen molar-refractivity contribution in [3.8, 4) is 0 Å². The van der Waals surface area contributed by atoms with Gasteiger partial charge in [0.05, 0.1) is 26.7 Å². The number of carbonyl (C=O) groups is 1. The molecule has 0 saturated heterocycles. The number of hydrogen-bond acceptors (Lipinski definition) is 6. The fourth-order valence-electron chi connectivity index (χ4n) is 2.30. The number of benzene rings is 2. The van der Waals surface area contributed by atoms with Crippen LogP contribution in [-0.4, -0.2) is 20.8 Å². The van der Waals surface area contributed by atoms with E-state index in [0.29, 0.717) is 22.5 Å². The van der Waals surface area contributed by atoms with Crippen molar-refractivity contribution >= 4 is 56.0 Å². The summed E-state index contributed by atoms with van der Waals surface area (Å²) in [6, 6.07) is 9.44. The van der Waals surface area contributed by atoms with Crippen LogP contribution in [0.5, 0.6) is 0 Å². The number of rotatable bonds is 4. The van der Waals surface area contributed by atoms with Crippen LogP contribution in [0.1, 0.15) is 16.1 Å². The average molecular weight is 437 g/mol. The quantitative estimate of drug-likeness (QED) is 0.472. The Morgan fingerprint density at radius 1 is 1.23 bits per heavy atom. The van der Waals surface area contributed by atoms with Crippen molar-refractivity contribution in [3.05, 3.63) is 67.3 Å². The molecule has 2 aromatic carbocycles. The SMILES string of the molecule is Cc1nc2cc(Br)ccc2nc1NNC(=O)c1c(Cl)cccc1[N+](=O)[O-]. The standard InChI is InChI=1S/C16H11BrClN5O3/c1-8-15(20-11-6-5-9(17)7-12(11)19-8)21-22-16(24)14-10(18)3-2-4-13(14)23(25)26/h2-7H,1H3,(H,20,21)(H,22,24). The first kappa shape index (κ1) is 18.0. The van der Waals surface area contributed by atoms with E-state index in [9.17, 15) is 14.9 Å². The Bertz CT molecular complexity index is 1040. The zero-order chi connectivity index (χ0) is 18.8. The van der Waals surface area contributed by atoms with Crippen LogP contribution in [0.15, 0.2) is 40.9 Å². The number of nitro groups is 1. The highest BCUT2D eigenvalue weighted by atomic mass is 79.9. The fourth-order valence-corrected chi connectivity index (χ4v) is 2.91. The molecule has 26 heavy (non-hydrogen) atoms. The van der Waals surface area contributed by atoms with Gasteiger partial charge in [0.2, 0.25) is 0 Å². The van der Waals surface area contributed by atoms with Crippen LogP contribution in [0.25, 0.3) is 11.0 Å². The summed E-state index contributed by atoms with van der Waals surface area (Å²) in [6.45, 7) is 1.72. The van der Waals surface area contributed by atoms with E-state index in [1.165, 1.54) is 18.2 Å². The Hall–Kier alpha value is -2.78. The second-order valence-electron chi connectivity index (χ2n) is 5.26. The molecule has 2 N–H and O–H groups in total. The van der Waals surface area contributed by atoms with Gasteiger partial charge in [0.25, 0.3) is 11.6 Å². The molecule has 0 aliphatic carbocycles. The van der Waals surface area contributed by atoms with Gasteiger partial charge in [-0.3, -0.25) is 25.8 Å². The van der Waals surface area contributed by atoms with Gasteiger partial charge in [-0.05, 0) is 31.2 Å². The smallest absolute Gasteiger partial charge is 0.280 e. The molecule has 1 aromatic heterocycles. The lowest BCUT2D eigenvalue weighted by Crippen LogP contribution is -2.31. The minimum Gasteiger partial charge on any atom is -0.280 e.